The fraction of sp³-hybridized carbons (Fsp3) is 0.0476. The first kappa shape index (κ1) is 18.6. The van der Waals surface area contributed by atoms with Gasteiger partial charge < -0.3 is 10.1 Å². The van der Waals surface area contributed by atoms with Crippen molar-refractivity contribution in [1.82, 2.24) is 4.98 Å². The molecule has 0 aliphatic carbocycles. The molecule has 4 nitrogen and oxygen atoms in total. The average Bonchev–Trinajstić information content (AvgIpc) is 3.24. The molecular weight excluding hydrogens is 413 g/mol. The summed E-state index contributed by atoms with van der Waals surface area (Å²) in [7, 11) is 1.54. The van der Waals surface area contributed by atoms with Gasteiger partial charge in [0, 0.05) is 17.6 Å². The van der Waals surface area contributed by atoms with Crippen molar-refractivity contribution in [3.63, 3.8) is 0 Å². The van der Waals surface area contributed by atoms with Crippen molar-refractivity contribution in [3.8, 4) is 22.9 Å². The number of nitrogens with one attached hydrogen (secondary N) is 1. The predicted molar refractivity (Wildman–Crippen MR) is 116 cm³/mol. The monoisotopic (exact) mass is 425 g/mol. The summed E-state index contributed by atoms with van der Waals surface area (Å²) in [6, 6.07) is 13.5. The van der Waals surface area contributed by atoms with Gasteiger partial charge in [0.25, 0.3) is 0 Å². The Balaban J connectivity index is 1.85. The molecule has 1 N–H and O–H groups in total. The molecule has 4 aromatic rings. The Bertz CT molecular complexity index is 1220. The molecule has 0 bridgehead atoms. The second-order valence-electron chi connectivity index (χ2n) is 5.99. The lowest BCUT2D eigenvalue weighted by molar-refractivity contribution is 0.415. The van der Waals surface area contributed by atoms with Crippen LogP contribution in [0.3, 0.4) is 0 Å². The van der Waals surface area contributed by atoms with E-state index in [1.54, 1.807) is 29.7 Å². The molecule has 0 atom stereocenters. The molecule has 2 heterocycles. The maximum Gasteiger partial charge on any atom is 0.139 e. The fourth-order valence-corrected chi connectivity index (χ4v) is 4.11. The first-order chi connectivity index (χ1) is 13.6. The van der Waals surface area contributed by atoms with Gasteiger partial charge in [0.05, 0.1) is 39.6 Å². The van der Waals surface area contributed by atoms with Crippen LogP contribution in [0.1, 0.15) is 5.56 Å². The summed E-state index contributed by atoms with van der Waals surface area (Å²) in [5.74, 6) is 0.491. The summed E-state index contributed by atoms with van der Waals surface area (Å²) in [6.07, 6.45) is 1.56. The van der Waals surface area contributed by atoms with Crippen molar-refractivity contribution in [2.45, 2.75) is 0 Å². The number of benzene rings is 2. The zero-order valence-corrected chi connectivity index (χ0v) is 17.0. The highest BCUT2D eigenvalue weighted by Crippen LogP contribution is 2.38. The van der Waals surface area contributed by atoms with Crippen LogP contribution in [-0.4, -0.2) is 12.1 Å². The number of halogens is 2. The van der Waals surface area contributed by atoms with E-state index in [1.807, 2.05) is 23.6 Å². The maximum absolute atomic E-state index is 9.57. The predicted octanol–water partition coefficient (Wildman–Crippen LogP) is 6.89. The Kier molecular flexibility index (Phi) is 5.10. The summed E-state index contributed by atoms with van der Waals surface area (Å²) in [4.78, 5) is 4.46. The molecule has 0 unspecified atom stereocenters. The number of pyridine rings is 1. The van der Waals surface area contributed by atoms with Crippen LogP contribution in [-0.2, 0) is 0 Å². The Morgan fingerprint density at radius 1 is 1.11 bits per heavy atom. The molecule has 0 aliphatic rings. The first-order valence-electron chi connectivity index (χ1n) is 8.26. The van der Waals surface area contributed by atoms with E-state index in [2.05, 4.69) is 27.8 Å². The zero-order chi connectivity index (χ0) is 19.7. The van der Waals surface area contributed by atoms with E-state index >= 15 is 0 Å². The molecule has 4 rings (SSSR count). The van der Waals surface area contributed by atoms with Crippen molar-refractivity contribution in [1.29, 1.82) is 5.26 Å². The number of aromatic nitrogens is 1. The van der Waals surface area contributed by atoms with E-state index in [1.165, 1.54) is 7.11 Å². The molecule has 7 heteroatoms. The summed E-state index contributed by atoms with van der Waals surface area (Å²) >= 11 is 14.1. The van der Waals surface area contributed by atoms with Crippen LogP contribution in [0.2, 0.25) is 10.0 Å². The molecular formula is C21H13Cl2N3OS. The van der Waals surface area contributed by atoms with E-state index in [0.717, 1.165) is 22.0 Å². The molecule has 138 valence electrons. The number of nitriles is 1. The number of anilines is 2. The molecule has 2 aromatic carbocycles. The van der Waals surface area contributed by atoms with E-state index in [9.17, 15) is 5.26 Å². The lowest BCUT2D eigenvalue weighted by Gasteiger charge is -2.15. The molecule has 0 amide bonds. The number of nitrogens with zero attached hydrogens (tertiary/aromatic N) is 2. The normalized spacial score (nSPS) is 10.6. The minimum Gasteiger partial charge on any atom is -0.495 e. The van der Waals surface area contributed by atoms with E-state index in [-0.39, 0.29) is 0 Å². The Labute approximate surface area is 175 Å². The highest BCUT2D eigenvalue weighted by Gasteiger charge is 2.14. The van der Waals surface area contributed by atoms with Gasteiger partial charge in [0.1, 0.15) is 11.8 Å². The van der Waals surface area contributed by atoms with Crippen molar-refractivity contribution < 1.29 is 4.74 Å². The minimum absolute atomic E-state index is 0.415. The van der Waals surface area contributed by atoms with Crippen LogP contribution in [0, 0.1) is 11.3 Å². The van der Waals surface area contributed by atoms with Crippen LogP contribution in [0.4, 0.5) is 11.4 Å². The second kappa shape index (κ2) is 7.69. The third kappa shape index (κ3) is 3.38. The van der Waals surface area contributed by atoms with Crippen molar-refractivity contribution >= 4 is 56.8 Å². The van der Waals surface area contributed by atoms with Crippen LogP contribution in [0.25, 0.3) is 22.0 Å². The number of fused-ring (bicyclic) bond motifs is 1. The quantitative estimate of drug-likeness (QED) is 0.386. The highest BCUT2D eigenvalue weighted by atomic mass is 35.5. The number of hydrogen-bond acceptors (Lipinski definition) is 5. The SMILES string of the molecule is COc1cc(Nc2c(C#N)cnc3cc(-c4ccsc4)ccc23)c(Cl)cc1Cl. The largest absolute Gasteiger partial charge is 0.495 e. The van der Waals surface area contributed by atoms with Crippen molar-refractivity contribution in [3.05, 3.63) is 69.0 Å². The number of rotatable bonds is 4. The molecule has 0 radical (unpaired) electrons. The van der Waals surface area contributed by atoms with Crippen LogP contribution >= 0.6 is 34.5 Å². The first-order valence-corrected chi connectivity index (χ1v) is 9.96. The van der Waals surface area contributed by atoms with Gasteiger partial charge >= 0.3 is 0 Å². The standard InChI is InChI=1S/C21H13Cl2N3OS/c1-27-20-8-19(16(22)7-17(20)23)26-21-14(9-24)10-25-18-6-12(2-3-15(18)21)13-4-5-28-11-13/h2-8,10-11H,1H3,(H,25,26). The Morgan fingerprint density at radius 3 is 2.68 bits per heavy atom. The van der Waals surface area contributed by atoms with Gasteiger partial charge in [-0.3, -0.25) is 4.98 Å². The lowest BCUT2D eigenvalue weighted by atomic mass is 10.0. The Hall–Kier alpha value is -2.78. The van der Waals surface area contributed by atoms with Crippen LogP contribution in [0.5, 0.6) is 5.75 Å². The van der Waals surface area contributed by atoms with Gasteiger partial charge in [-0.1, -0.05) is 35.3 Å². The second-order valence-corrected chi connectivity index (χ2v) is 7.59. The molecule has 28 heavy (non-hydrogen) atoms. The van der Waals surface area contributed by atoms with E-state index in [4.69, 9.17) is 27.9 Å². The van der Waals surface area contributed by atoms with Crippen molar-refractivity contribution in [2.75, 3.05) is 12.4 Å². The molecule has 2 aromatic heterocycles. The number of hydrogen-bond donors (Lipinski definition) is 1. The third-order valence-corrected chi connectivity index (χ3v) is 5.64. The maximum atomic E-state index is 9.57. The average molecular weight is 426 g/mol. The highest BCUT2D eigenvalue weighted by molar-refractivity contribution is 7.08. The molecule has 0 spiro atoms. The van der Waals surface area contributed by atoms with Gasteiger partial charge in [-0.05, 0) is 40.1 Å². The van der Waals surface area contributed by atoms with Gasteiger partial charge in [0.2, 0.25) is 0 Å². The van der Waals surface area contributed by atoms with Gasteiger partial charge in [-0.25, -0.2) is 0 Å². The van der Waals surface area contributed by atoms with Crippen LogP contribution < -0.4 is 10.1 Å². The molecule has 0 saturated carbocycles. The summed E-state index contributed by atoms with van der Waals surface area (Å²) in [5.41, 5.74) is 4.63. The van der Waals surface area contributed by atoms with Gasteiger partial charge in [0.15, 0.2) is 0 Å². The minimum atomic E-state index is 0.415. The molecule has 0 fully saturated rings. The lowest BCUT2D eigenvalue weighted by Crippen LogP contribution is -1.98. The summed E-state index contributed by atoms with van der Waals surface area (Å²) in [5, 5.41) is 18.6. The number of ether oxygens (including phenoxy) is 1. The smallest absolute Gasteiger partial charge is 0.139 e. The third-order valence-electron chi connectivity index (χ3n) is 4.35. The fourth-order valence-electron chi connectivity index (χ4n) is 2.94. The van der Waals surface area contributed by atoms with Crippen LogP contribution in [0.15, 0.2) is 53.4 Å². The number of thiophene rings is 1. The molecule has 0 aliphatic heterocycles. The van der Waals surface area contributed by atoms with E-state index < -0.39 is 0 Å². The van der Waals surface area contributed by atoms with Crippen molar-refractivity contribution in [2.24, 2.45) is 0 Å². The molecule has 0 saturated heterocycles. The summed E-state index contributed by atoms with van der Waals surface area (Å²) in [6.45, 7) is 0. The van der Waals surface area contributed by atoms with Gasteiger partial charge in [-0.2, -0.15) is 16.6 Å². The van der Waals surface area contributed by atoms with Gasteiger partial charge in [-0.15, -0.1) is 0 Å². The zero-order valence-electron chi connectivity index (χ0n) is 14.7. The Morgan fingerprint density at radius 2 is 1.96 bits per heavy atom. The van der Waals surface area contributed by atoms with E-state index in [0.29, 0.717) is 32.7 Å². The topological polar surface area (TPSA) is 57.9 Å². The number of methoxy groups -OCH3 is 1. The summed E-state index contributed by atoms with van der Waals surface area (Å²) < 4.78 is 5.27.